The van der Waals surface area contributed by atoms with Crippen molar-refractivity contribution in [3.8, 4) is 5.75 Å². The third-order valence-electron chi connectivity index (χ3n) is 2.36. The van der Waals surface area contributed by atoms with E-state index in [2.05, 4.69) is 4.98 Å². The van der Waals surface area contributed by atoms with Crippen LogP contribution in [0.5, 0.6) is 5.75 Å². The van der Waals surface area contributed by atoms with Gasteiger partial charge in [-0.15, -0.1) is 0 Å². The van der Waals surface area contributed by atoms with Gasteiger partial charge in [0.15, 0.2) is 11.6 Å². The Hall–Kier alpha value is -1.98. The van der Waals surface area contributed by atoms with Crippen LogP contribution in [0.3, 0.4) is 0 Å². The molecular formula is C11H9F3N2O. The number of pyridine rings is 1. The van der Waals surface area contributed by atoms with Gasteiger partial charge in [0, 0.05) is 17.1 Å². The number of alkyl halides is 2. The molecule has 0 aliphatic heterocycles. The first-order valence-corrected chi connectivity index (χ1v) is 4.74. The smallest absolute Gasteiger partial charge is 0.280 e. The summed E-state index contributed by atoms with van der Waals surface area (Å²) in [6, 6.07) is 3.43. The highest BCUT2D eigenvalue weighted by Crippen LogP contribution is 2.30. The molecule has 0 saturated heterocycles. The van der Waals surface area contributed by atoms with Gasteiger partial charge in [0.1, 0.15) is 5.69 Å². The minimum absolute atomic E-state index is 0.00389. The van der Waals surface area contributed by atoms with Crippen LogP contribution in [0, 0.1) is 5.82 Å². The van der Waals surface area contributed by atoms with Crippen molar-refractivity contribution >= 4 is 16.6 Å². The summed E-state index contributed by atoms with van der Waals surface area (Å²) in [7, 11) is 1.31. The topological polar surface area (TPSA) is 48.1 Å². The fraction of sp³-hybridized carbons (Fsp3) is 0.182. The average molecular weight is 242 g/mol. The Morgan fingerprint density at radius 3 is 2.59 bits per heavy atom. The van der Waals surface area contributed by atoms with Gasteiger partial charge in [-0.1, -0.05) is 0 Å². The van der Waals surface area contributed by atoms with Gasteiger partial charge in [-0.25, -0.2) is 18.2 Å². The molecule has 1 aromatic heterocycles. The number of nitrogen functional groups attached to an aromatic ring is 1. The Kier molecular flexibility index (Phi) is 2.79. The number of nitrogens with zero attached hydrogens (tertiary/aromatic N) is 1. The van der Waals surface area contributed by atoms with Crippen molar-refractivity contribution in [1.82, 2.24) is 4.98 Å². The van der Waals surface area contributed by atoms with Crippen molar-refractivity contribution in [2.24, 2.45) is 0 Å². The molecule has 0 amide bonds. The lowest BCUT2D eigenvalue weighted by atomic mass is 10.1. The van der Waals surface area contributed by atoms with Crippen LogP contribution >= 0.6 is 0 Å². The first-order chi connectivity index (χ1) is 8.02. The lowest BCUT2D eigenvalue weighted by Crippen LogP contribution is -1.98. The normalized spacial score (nSPS) is 11.1. The van der Waals surface area contributed by atoms with Crippen LogP contribution in [-0.2, 0) is 0 Å². The Morgan fingerprint density at radius 2 is 2.00 bits per heavy atom. The molecule has 2 rings (SSSR count). The minimum atomic E-state index is -2.74. The number of nitrogens with two attached hydrogens (primary N) is 1. The van der Waals surface area contributed by atoms with Crippen molar-refractivity contribution in [3.63, 3.8) is 0 Å². The maximum Gasteiger partial charge on any atom is 0.280 e. The summed E-state index contributed by atoms with van der Waals surface area (Å²) in [5, 5.41) is 0.382. The van der Waals surface area contributed by atoms with Gasteiger partial charge >= 0.3 is 0 Å². The molecule has 0 spiro atoms. The van der Waals surface area contributed by atoms with E-state index in [0.29, 0.717) is 5.39 Å². The van der Waals surface area contributed by atoms with E-state index >= 15 is 0 Å². The molecule has 0 bridgehead atoms. The van der Waals surface area contributed by atoms with Crippen LogP contribution in [0.1, 0.15) is 12.1 Å². The van der Waals surface area contributed by atoms with Crippen molar-refractivity contribution < 1.29 is 17.9 Å². The predicted octanol–water partition coefficient (Wildman–Crippen LogP) is 2.90. The van der Waals surface area contributed by atoms with Crippen molar-refractivity contribution in [2.75, 3.05) is 12.8 Å². The summed E-state index contributed by atoms with van der Waals surface area (Å²) in [4.78, 5) is 3.65. The molecule has 1 aromatic carbocycles. The maximum atomic E-state index is 13.4. The second-order valence-electron chi connectivity index (χ2n) is 3.44. The second kappa shape index (κ2) is 4.12. The van der Waals surface area contributed by atoms with Gasteiger partial charge in [-0.05, 0) is 12.1 Å². The number of hydrogen-bond donors (Lipinski definition) is 1. The summed E-state index contributed by atoms with van der Waals surface area (Å²) in [5.41, 5.74) is 5.34. The summed E-state index contributed by atoms with van der Waals surface area (Å²) >= 11 is 0. The highest BCUT2D eigenvalue weighted by Gasteiger charge is 2.14. The number of hydrogen-bond acceptors (Lipinski definition) is 3. The fourth-order valence-electron chi connectivity index (χ4n) is 1.54. The molecule has 0 saturated carbocycles. The van der Waals surface area contributed by atoms with Crippen LogP contribution in [0.2, 0.25) is 0 Å². The quantitative estimate of drug-likeness (QED) is 0.880. The number of aromatic nitrogens is 1. The average Bonchev–Trinajstić information content (AvgIpc) is 2.27. The number of halogens is 3. The molecule has 2 N–H and O–H groups in total. The molecule has 90 valence electrons. The molecule has 0 atom stereocenters. The number of anilines is 1. The number of fused-ring (bicyclic) bond motifs is 1. The maximum absolute atomic E-state index is 13.4. The molecule has 6 heteroatoms. The first kappa shape index (κ1) is 11.5. The highest BCUT2D eigenvalue weighted by molar-refractivity contribution is 5.91. The van der Waals surface area contributed by atoms with E-state index in [1.54, 1.807) is 0 Å². The third kappa shape index (κ3) is 1.98. The van der Waals surface area contributed by atoms with Gasteiger partial charge < -0.3 is 10.5 Å². The Morgan fingerprint density at radius 1 is 1.29 bits per heavy atom. The predicted molar refractivity (Wildman–Crippen MR) is 57.6 cm³/mol. The largest absolute Gasteiger partial charge is 0.494 e. The van der Waals surface area contributed by atoms with E-state index in [0.717, 1.165) is 12.1 Å². The molecule has 0 aliphatic carbocycles. The first-order valence-electron chi connectivity index (χ1n) is 4.74. The van der Waals surface area contributed by atoms with Crippen molar-refractivity contribution in [1.29, 1.82) is 0 Å². The van der Waals surface area contributed by atoms with Crippen LogP contribution < -0.4 is 10.5 Å². The number of benzene rings is 1. The van der Waals surface area contributed by atoms with Crippen LogP contribution in [0.4, 0.5) is 18.9 Å². The fourth-order valence-corrected chi connectivity index (χ4v) is 1.54. The highest BCUT2D eigenvalue weighted by atomic mass is 19.3. The van der Waals surface area contributed by atoms with E-state index in [1.165, 1.54) is 13.2 Å². The van der Waals surface area contributed by atoms with E-state index in [1.807, 2.05) is 0 Å². The molecule has 2 aromatic rings. The Bertz CT molecular complexity index is 572. The van der Waals surface area contributed by atoms with Crippen LogP contribution in [0.15, 0.2) is 18.2 Å². The van der Waals surface area contributed by atoms with E-state index < -0.39 is 17.9 Å². The SMILES string of the molecule is COc1cc2c(N)cc(C(F)F)nc2cc1F. The molecule has 0 unspecified atom stereocenters. The van der Waals surface area contributed by atoms with Gasteiger partial charge in [0.05, 0.1) is 12.6 Å². The van der Waals surface area contributed by atoms with Crippen molar-refractivity contribution in [3.05, 3.63) is 29.7 Å². The lowest BCUT2D eigenvalue weighted by Gasteiger charge is -2.08. The lowest BCUT2D eigenvalue weighted by molar-refractivity contribution is 0.146. The molecule has 0 aliphatic rings. The standard InChI is InChI=1S/C11H9F3N2O/c1-17-10-2-5-7(15)4-9(11(13)14)16-8(5)3-6(10)12/h2-4,11H,1H3,(H2,15,16). The number of rotatable bonds is 2. The zero-order chi connectivity index (χ0) is 12.6. The molecule has 0 fully saturated rings. The summed E-state index contributed by atoms with van der Waals surface area (Å²) < 4.78 is 43.1. The van der Waals surface area contributed by atoms with Gasteiger partial charge in [-0.2, -0.15) is 0 Å². The van der Waals surface area contributed by atoms with Gasteiger partial charge in [-0.3, -0.25) is 0 Å². The molecule has 3 nitrogen and oxygen atoms in total. The third-order valence-corrected chi connectivity index (χ3v) is 2.36. The summed E-state index contributed by atoms with van der Waals surface area (Å²) in [5.74, 6) is -0.672. The number of ether oxygens (including phenoxy) is 1. The van der Waals surface area contributed by atoms with Crippen LogP contribution in [-0.4, -0.2) is 12.1 Å². The zero-order valence-corrected chi connectivity index (χ0v) is 8.88. The Balaban J connectivity index is 2.73. The van der Waals surface area contributed by atoms with Crippen molar-refractivity contribution in [2.45, 2.75) is 6.43 Å². The van der Waals surface area contributed by atoms with E-state index in [-0.39, 0.29) is 17.0 Å². The summed E-state index contributed by atoms with van der Waals surface area (Å²) in [6.45, 7) is 0. The molecule has 17 heavy (non-hydrogen) atoms. The Labute approximate surface area is 95.0 Å². The van der Waals surface area contributed by atoms with Crippen LogP contribution in [0.25, 0.3) is 10.9 Å². The van der Waals surface area contributed by atoms with E-state index in [9.17, 15) is 13.2 Å². The van der Waals surface area contributed by atoms with Gasteiger partial charge in [0.2, 0.25) is 0 Å². The molecule has 0 radical (unpaired) electrons. The second-order valence-corrected chi connectivity index (χ2v) is 3.44. The minimum Gasteiger partial charge on any atom is -0.494 e. The molecule has 1 heterocycles. The number of methoxy groups -OCH3 is 1. The monoisotopic (exact) mass is 242 g/mol. The zero-order valence-electron chi connectivity index (χ0n) is 8.88. The van der Waals surface area contributed by atoms with E-state index in [4.69, 9.17) is 10.5 Å². The van der Waals surface area contributed by atoms with Gasteiger partial charge in [0.25, 0.3) is 6.43 Å². The summed E-state index contributed by atoms with van der Waals surface area (Å²) in [6.07, 6.45) is -2.74. The molecular weight excluding hydrogens is 233 g/mol.